The molecule has 0 spiro atoms. The number of aromatic nitrogens is 1. The van der Waals surface area contributed by atoms with Gasteiger partial charge in [-0.25, -0.2) is 9.78 Å². The maximum absolute atomic E-state index is 12.8. The maximum Gasteiger partial charge on any atom is 0.336 e. The molecular weight excluding hydrogens is 528 g/mol. The van der Waals surface area contributed by atoms with Crippen LogP contribution in [0.25, 0.3) is 10.2 Å². The van der Waals surface area contributed by atoms with E-state index in [0.29, 0.717) is 15.5 Å². The molecule has 38 heavy (non-hydrogen) atoms. The van der Waals surface area contributed by atoms with Gasteiger partial charge in [-0.1, -0.05) is 43.8 Å². The quantitative estimate of drug-likeness (QED) is 0.130. The van der Waals surface area contributed by atoms with Crippen LogP contribution in [0, 0.1) is 10.1 Å². The predicted octanol–water partition coefficient (Wildman–Crippen LogP) is 6.01. The average molecular weight is 551 g/mol. The van der Waals surface area contributed by atoms with Crippen molar-refractivity contribution in [2.45, 2.75) is 24.1 Å². The first kappa shape index (κ1) is 26.8. The summed E-state index contributed by atoms with van der Waals surface area (Å²) in [5.74, 6) is -1.86. The van der Waals surface area contributed by atoms with Gasteiger partial charge in [0.2, 0.25) is 5.91 Å². The van der Waals surface area contributed by atoms with E-state index in [1.54, 1.807) is 18.2 Å². The normalized spacial score (nSPS) is 10.9. The van der Waals surface area contributed by atoms with Crippen LogP contribution in [0.15, 0.2) is 65.0 Å². The Morgan fingerprint density at radius 2 is 1.82 bits per heavy atom. The third kappa shape index (κ3) is 6.15. The van der Waals surface area contributed by atoms with Crippen molar-refractivity contribution < 1.29 is 24.4 Å². The SMILES string of the molecule is CC(C)c1ccccc1NC(=O)CSc1nc2ccc(NC(=O)c3ccc([N+](=O)[O-])cc3C(=O)O)cc2s1. The number of nitro groups is 1. The Morgan fingerprint density at radius 3 is 2.53 bits per heavy atom. The number of fused-ring (bicyclic) bond motifs is 1. The first-order valence-corrected chi connectivity index (χ1v) is 13.2. The number of carbonyl (C=O) groups excluding carboxylic acids is 2. The van der Waals surface area contributed by atoms with Gasteiger partial charge in [-0.05, 0) is 41.8 Å². The number of rotatable bonds is 9. The van der Waals surface area contributed by atoms with Crippen molar-refractivity contribution in [3.8, 4) is 0 Å². The van der Waals surface area contributed by atoms with E-state index in [9.17, 15) is 29.6 Å². The number of aromatic carboxylic acids is 1. The van der Waals surface area contributed by atoms with Crippen molar-refractivity contribution in [2.75, 3.05) is 16.4 Å². The van der Waals surface area contributed by atoms with Crippen molar-refractivity contribution in [1.82, 2.24) is 4.98 Å². The molecule has 4 aromatic rings. The minimum atomic E-state index is -1.45. The summed E-state index contributed by atoms with van der Waals surface area (Å²) >= 11 is 2.66. The lowest BCUT2D eigenvalue weighted by Crippen LogP contribution is -2.16. The van der Waals surface area contributed by atoms with E-state index in [-0.39, 0.29) is 23.1 Å². The van der Waals surface area contributed by atoms with Gasteiger partial charge < -0.3 is 15.7 Å². The van der Waals surface area contributed by atoms with Crippen LogP contribution < -0.4 is 10.6 Å². The zero-order chi connectivity index (χ0) is 27.4. The number of carbonyl (C=O) groups is 3. The smallest absolute Gasteiger partial charge is 0.336 e. The van der Waals surface area contributed by atoms with Crippen molar-refractivity contribution in [1.29, 1.82) is 0 Å². The Labute approximate surface area is 225 Å². The zero-order valence-corrected chi connectivity index (χ0v) is 21.9. The van der Waals surface area contributed by atoms with Crippen LogP contribution in [0.5, 0.6) is 0 Å². The molecule has 0 saturated carbocycles. The van der Waals surface area contributed by atoms with Crippen LogP contribution in [0.1, 0.15) is 46.0 Å². The van der Waals surface area contributed by atoms with Crippen LogP contribution >= 0.6 is 23.1 Å². The summed E-state index contributed by atoms with van der Waals surface area (Å²) in [7, 11) is 0. The molecule has 0 aliphatic carbocycles. The van der Waals surface area contributed by atoms with E-state index < -0.39 is 28.1 Å². The second-order valence-corrected chi connectivity index (χ2v) is 10.7. The molecule has 2 amide bonds. The molecule has 1 aromatic heterocycles. The summed E-state index contributed by atoms with van der Waals surface area (Å²) in [6.07, 6.45) is 0. The number of benzene rings is 3. The molecule has 0 saturated heterocycles. The fraction of sp³-hybridized carbons (Fsp3) is 0.154. The lowest BCUT2D eigenvalue weighted by Gasteiger charge is -2.13. The summed E-state index contributed by atoms with van der Waals surface area (Å²) in [6, 6.07) is 15.7. The average Bonchev–Trinajstić information content (AvgIpc) is 3.29. The Balaban J connectivity index is 1.44. The molecule has 0 unspecified atom stereocenters. The number of carboxylic acid groups (broad SMARTS) is 1. The van der Waals surface area contributed by atoms with Gasteiger partial charge in [-0.15, -0.1) is 11.3 Å². The number of thioether (sulfide) groups is 1. The number of anilines is 2. The molecule has 3 aromatic carbocycles. The Kier molecular flexibility index (Phi) is 8.03. The Hall–Kier alpha value is -4.29. The standard InChI is InChI=1S/C26H22N4O6S2/c1-14(2)17-5-3-4-6-20(17)28-23(31)13-37-26-29-21-10-7-15(11-22(21)38-26)27-24(32)18-9-8-16(30(35)36)12-19(18)25(33)34/h3-12,14H,13H2,1-2H3,(H,27,32)(H,28,31)(H,33,34). The van der Waals surface area contributed by atoms with Gasteiger partial charge in [0.25, 0.3) is 11.6 Å². The number of hydrogen-bond donors (Lipinski definition) is 3. The number of carboxylic acids is 1. The molecule has 4 rings (SSSR count). The van der Waals surface area contributed by atoms with Crippen molar-refractivity contribution in [3.63, 3.8) is 0 Å². The van der Waals surface area contributed by atoms with Crippen molar-refractivity contribution in [3.05, 3.63) is 87.5 Å². The van der Waals surface area contributed by atoms with Gasteiger partial charge >= 0.3 is 5.97 Å². The predicted molar refractivity (Wildman–Crippen MR) is 148 cm³/mol. The summed E-state index contributed by atoms with van der Waals surface area (Å²) in [4.78, 5) is 51.6. The van der Waals surface area contributed by atoms with Crippen LogP contribution in [-0.2, 0) is 4.79 Å². The molecule has 3 N–H and O–H groups in total. The minimum Gasteiger partial charge on any atom is -0.478 e. The second-order valence-electron chi connectivity index (χ2n) is 8.49. The van der Waals surface area contributed by atoms with Crippen LogP contribution in [0.4, 0.5) is 17.1 Å². The largest absolute Gasteiger partial charge is 0.478 e. The van der Waals surface area contributed by atoms with Gasteiger partial charge in [0.1, 0.15) is 0 Å². The number of nitrogens with one attached hydrogen (secondary N) is 2. The molecule has 0 aliphatic rings. The molecule has 0 atom stereocenters. The highest BCUT2D eigenvalue weighted by Crippen LogP contribution is 2.32. The molecule has 0 bridgehead atoms. The van der Waals surface area contributed by atoms with Gasteiger partial charge in [0.15, 0.2) is 4.34 Å². The first-order valence-electron chi connectivity index (χ1n) is 11.4. The van der Waals surface area contributed by atoms with Gasteiger partial charge in [0, 0.05) is 23.5 Å². The van der Waals surface area contributed by atoms with E-state index >= 15 is 0 Å². The number of para-hydroxylation sites is 1. The monoisotopic (exact) mass is 550 g/mol. The molecule has 0 aliphatic heterocycles. The van der Waals surface area contributed by atoms with Crippen molar-refractivity contribution in [2.24, 2.45) is 0 Å². The summed E-state index contributed by atoms with van der Waals surface area (Å²) in [5, 5.41) is 25.9. The van der Waals surface area contributed by atoms with Gasteiger partial charge in [0.05, 0.1) is 32.0 Å². The highest BCUT2D eigenvalue weighted by atomic mass is 32.2. The molecule has 0 radical (unpaired) electrons. The third-order valence-electron chi connectivity index (χ3n) is 5.50. The van der Waals surface area contributed by atoms with E-state index in [2.05, 4.69) is 29.5 Å². The van der Waals surface area contributed by atoms with E-state index in [1.165, 1.54) is 23.1 Å². The highest BCUT2D eigenvalue weighted by molar-refractivity contribution is 8.01. The van der Waals surface area contributed by atoms with Crippen LogP contribution in [0.2, 0.25) is 0 Å². The lowest BCUT2D eigenvalue weighted by atomic mass is 10.0. The van der Waals surface area contributed by atoms with Crippen molar-refractivity contribution >= 4 is 68.2 Å². The Bertz CT molecular complexity index is 1570. The number of thiazole rings is 1. The van der Waals surface area contributed by atoms with E-state index in [1.807, 2.05) is 24.3 Å². The summed E-state index contributed by atoms with van der Waals surface area (Å²) in [5.41, 5.74) is 1.84. The fourth-order valence-electron chi connectivity index (χ4n) is 3.69. The lowest BCUT2D eigenvalue weighted by molar-refractivity contribution is -0.384. The fourth-order valence-corrected chi connectivity index (χ4v) is 5.60. The zero-order valence-electron chi connectivity index (χ0n) is 20.3. The van der Waals surface area contributed by atoms with Gasteiger partial charge in [-0.3, -0.25) is 19.7 Å². The molecule has 10 nitrogen and oxygen atoms in total. The molecule has 1 heterocycles. The van der Waals surface area contributed by atoms with Gasteiger partial charge in [-0.2, -0.15) is 0 Å². The number of hydrogen-bond acceptors (Lipinski definition) is 8. The van der Waals surface area contributed by atoms with Crippen LogP contribution in [0.3, 0.4) is 0 Å². The minimum absolute atomic E-state index is 0.146. The molecular formula is C26H22N4O6S2. The molecule has 12 heteroatoms. The topological polar surface area (TPSA) is 152 Å². The molecule has 0 fully saturated rings. The molecule has 194 valence electrons. The number of amides is 2. The first-order chi connectivity index (χ1) is 18.1. The van der Waals surface area contributed by atoms with Crippen LogP contribution in [-0.4, -0.2) is 38.6 Å². The second kappa shape index (κ2) is 11.4. The number of nitrogens with zero attached hydrogens (tertiary/aromatic N) is 2. The summed E-state index contributed by atoms with van der Waals surface area (Å²) in [6.45, 7) is 4.13. The number of non-ortho nitro benzene ring substituents is 1. The third-order valence-corrected chi connectivity index (χ3v) is 7.66. The van der Waals surface area contributed by atoms with E-state index in [4.69, 9.17) is 0 Å². The Morgan fingerprint density at radius 1 is 1.05 bits per heavy atom. The summed E-state index contributed by atoms with van der Waals surface area (Å²) < 4.78 is 1.44. The maximum atomic E-state index is 12.8. The highest BCUT2D eigenvalue weighted by Gasteiger charge is 2.21. The number of nitro benzene ring substituents is 1. The van der Waals surface area contributed by atoms with E-state index in [0.717, 1.165) is 34.1 Å².